The second-order valence-corrected chi connectivity index (χ2v) is 6.17. The van der Waals surface area contributed by atoms with Gasteiger partial charge in [0.1, 0.15) is 11.5 Å². The van der Waals surface area contributed by atoms with Gasteiger partial charge in [-0.15, -0.1) is 0 Å². The Morgan fingerprint density at radius 3 is 2.75 bits per heavy atom. The van der Waals surface area contributed by atoms with Gasteiger partial charge in [0.2, 0.25) is 0 Å². The molecule has 0 aliphatic rings. The molecule has 0 aliphatic heterocycles. The van der Waals surface area contributed by atoms with Crippen molar-refractivity contribution < 1.29 is 9.84 Å². The molecule has 0 spiro atoms. The third-order valence-electron chi connectivity index (χ3n) is 3.16. The van der Waals surface area contributed by atoms with E-state index in [-0.39, 0.29) is 10.9 Å². The third kappa shape index (κ3) is 4.94. The Morgan fingerprint density at radius 1 is 1.38 bits per heavy atom. The summed E-state index contributed by atoms with van der Waals surface area (Å²) in [5.41, 5.74) is 7.30. The van der Waals surface area contributed by atoms with Crippen LogP contribution in [0.3, 0.4) is 0 Å². The number of para-hydroxylation sites is 1. The van der Waals surface area contributed by atoms with Gasteiger partial charge in [0.05, 0.1) is 23.8 Å². The Bertz CT molecular complexity index is 752. The lowest BCUT2D eigenvalue weighted by molar-refractivity contribution is 0.337. The summed E-state index contributed by atoms with van der Waals surface area (Å²) in [7, 11) is 0. The number of phenols is 1. The summed E-state index contributed by atoms with van der Waals surface area (Å²) in [6.45, 7) is 2.94. The van der Waals surface area contributed by atoms with Crippen molar-refractivity contribution in [1.82, 2.24) is 5.01 Å². The molecule has 3 N–H and O–H groups in total. The number of halogens is 1. The number of benzene rings is 2. The van der Waals surface area contributed by atoms with Crippen LogP contribution >= 0.6 is 28.1 Å². The lowest BCUT2D eigenvalue weighted by Gasteiger charge is -2.17. The van der Waals surface area contributed by atoms with Crippen LogP contribution in [0.25, 0.3) is 0 Å². The van der Waals surface area contributed by atoms with Crippen molar-refractivity contribution in [3.63, 3.8) is 0 Å². The zero-order chi connectivity index (χ0) is 17.5. The first kappa shape index (κ1) is 18.2. The van der Waals surface area contributed by atoms with Crippen molar-refractivity contribution in [2.45, 2.75) is 13.5 Å². The van der Waals surface area contributed by atoms with Gasteiger partial charge in [-0.3, -0.25) is 0 Å². The number of hydrogen-bond acceptors (Lipinski definition) is 4. The normalized spacial score (nSPS) is 10.8. The average molecular weight is 408 g/mol. The fraction of sp³-hybridized carbons (Fsp3) is 0.176. The number of phenolic OH excluding ortho intramolecular Hbond substituents is 1. The van der Waals surface area contributed by atoms with E-state index in [1.165, 1.54) is 11.2 Å². The molecule has 0 amide bonds. The minimum absolute atomic E-state index is 0.145. The summed E-state index contributed by atoms with van der Waals surface area (Å²) in [4.78, 5) is 0. The first-order chi connectivity index (χ1) is 11.5. The molecule has 0 radical (unpaired) electrons. The van der Waals surface area contributed by atoms with E-state index in [0.29, 0.717) is 18.7 Å². The van der Waals surface area contributed by atoms with Gasteiger partial charge < -0.3 is 15.6 Å². The first-order valence-corrected chi connectivity index (χ1v) is 8.51. The van der Waals surface area contributed by atoms with Crippen LogP contribution in [0.1, 0.15) is 18.1 Å². The van der Waals surface area contributed by atoms with Crippen molar-refractivity contribution in [3.05, 3.63) is 58.1 Å². The van der Waals surface area contributed by atoms with Crippen LogP contribution in [0.5, 0.6) is 11.5 Å². The van der Waals surface area contributed by atoms with Crippen LogP contribution in [0, 0.1) is 0 Å². The molecule has 0 atom stereocenters. The highest BCUT2D eigenvalue weighted by molar-refractivity contribution is 9.10. The molecule has 0 bridgehead atoms. The number of hydrazone groups is 1. The van der Waals surface area contributed by atoms with Gasteiger partial charge in [-0.05, 0) is 64.9 Å². The molecule has 0 heterocycles. The Kier molecular flexibility index (Phi) is 6.57. The summed E-state index contributed by atoms with van der Waals surface area (Å²) >= 11 is 8.54. The zero-order valence-corrected chi connectivity index (χ0v) is 15.5. The largest absolute Gasteiger partial charge is 0.507 e. The molecule has 126 valence electrons. The molecule has 5 nitrogen and oxygen atoms in total. The van der Waals surface area contributed by atoms with Gasteiger partial charge in [-0.2, -0.15) is 5.10 Å². The van der Waals surface area contributed by atoms with E-state index in [2.05, 4.69) is 21.0 Å². The fourth-order valence-electron chi connectivity index (χ4n) is 1.99. The van der Waals surface area contributed by atoms with Gasteiger partial charge in [0.25, 0.3) is 0 Å². The quantitative estimate of drug-likeness (QED) is 0.434. The van der Waals surface area contributed by atoms with Crippen LogP contribution in [0.4, 0.5) is 0 Å². The number of nitrogens with zero attached hydrogens (tertiary/aromatic N) is 2. The van der Waals surface area contributed by atoms with Crippen molar-refractivity contribution in [2.75, 3.05) is 6.61 Å². The number of ether oxygens (including phenoxy) is 1. The minimum atomic E-state index is 0.145. The van der Waals surface area contributed by atoms with Gasteiger partial charge in [0.15, 0.2) is 5.11 Å². The molecular weight excluding hydrogens is 390 g/mol. The van der Waals surface area contributed by atoms with Gasteiger partial charge in [-0.1, -0.05) is 18.2 Å². The molecule has 0 fully saturated rings. The molecule has 0 aliphatic carbocycles. The second kappa shape index (κ2) is 8.65. The Balaban J connectivity index is 2.16. The Hall–Kier alpha value is -2.12. The van der Waals surface area contributed by atoms with Gasteiger partial charge in [0, 0.05) is 5.56 Å². The number of aromatic hydroxyl groups is 1. The maximum atomic E-state index is 9.78. The number of rotatable bonds is 6. The van der Waals surface area contributed by atoms with E-state index in [9.17, 15) is 5.11 Å². The van der Waals surface area contributed by atoms with Crippen LogP contribution in [0.15, 0.2) is 52.0 Å². The van der Waals surface area contributed by atoms with E-state index in [1.54, 1.807) is 18.2 Å². The maximum absolute atomic E-state index is 9.78. The fourth-order valence-corrected chi connectivity index (χ4v) is 2.64. The van der Waals surface area contributed by atoms with Crippen molar-refractivity contribution in [1.29, 1.82) is 0 Å². The monoisotopic (exact) mass is 407 g/mol. The summed E-state index contributed by atoms with van der Waals surface area (Å²) in [6.07, 6.45) is 1.53. The molecule has 7 heteroatoms. The van der Waals surface area contributed by atoms with E-state index < -0.39 is 0 Å². The first-order valence-electron chi connectivity index (χ1n) is 7.31. The lowest BCUT2D eigenvalue weighted by atomic mass is 10.2. The van der Waals surface area contributed by atoms with Crippen LogP contribution < -0.4 is 10.5 Å². The highest BCUT2D eigenvalue weighted by atomic mass is 79.9. The molecule has 0 unspecified atom stereocenters. The molecule has 2 aromatic rings. The summed E-state index contributed by atoms with van der Waals surface area (Å²) in [5.74, 6) is 0.925. The summed E-state index contributed by atoms with van der Waals surface area (Å²) in [5, 5.41) is 15.7. The van der Waals surface area contributed by atoms with Crippen molar-refractivity contribution in [3.8, 4) is 11.5 Å². The van der Waals surface area contributed by atoms with Crippen LogP contribution in [0.2, 0.25) is 0 Å². The van der Waals surface area contributed by atoms with E-state index in [0.717, 1.165) is 15.8 Å². The molecule has 2 rings (SSSR count). The van der Waals surface area contributed by atoms with Crippen LogP contribution in [-0.2, 0) is 6.54 Å². The molecule has 0 aromatic heterocycles. The zero-order valence-electron chi connectivity index (χ0n) is 13.1. The maximum Gasteiger partial charge on any atom is 0.187 e. The smallest absolute Gasteiger partial charge is 0.187 e. The third-order valence-corrected chi connectivity index (χ3v) is 3.99. The van der Waals surface area contributed by atoms with Crippen molar-refractivity contribution >= 4 is 39.5 Å². The van der Waals surface area contributed by atoms with Crippen LogP contribution in [-0.4, -0.2) is 28.0 Å². The Morgan fingerprint density at radius 2 is 2.12 bits per heavy atom. The lowest BCUT2D eigenvalue weighted by Crippen LogP contribution is -2.30. The molecule has 0 saturated heterocycles. The molecular formula is C17H18BrN3O2S. The number of thiocarbonyl (C=S) groups is 1. The van der Waals surface area contributed by atoms with E-state index in [1.807, 2.05) is 31.2 Å². The SMILES string of the molecule is CCOc1ccc(CN(/N=C\c2ccccc2O)C(N)=S)cc1Br. The average Bonchev–Trinajstić information content (AvgIpc) is 2.55. The molecule has 0 saturated carbocycles. The predicted molar refractivity (Wildman–Crippen MR) is 103 cm³/mol. The Labute approximate surface area is 154 Å². The second-order valence-electron chi connectivity index (χ2n) is 4.90. The van der Waals surface area contributed by atoms with Gasteiger partial charge >= 0.3 is 0 Å². The number of hydrogen-bond donors (Lipinski definition) is 2. The standard InChI is InChI=1S/C17H18BrN3O2S/c1-2-23-16-8-7-12(9-14(16)18)11-21(17(19)24)20-10-13-5-3-4-6-15(13)22/h3-10,22H,2,11H2,1H3,(H2,19,24)/b20-10-. The molecule has 24 heavy (non-hydrogen) atoms. The highest BCUT2D eigenvalue weighted by Gasteiger charge is 2.09. The summed E-state index contributed by atoms with van der Waals surface area (Å²) in [6, 6.07) is 12.7. The van der Waals surface area contributed by atoms with Gasteiger partial charge in [-0.25, -0.2) is 5.01 Å². The van der Waals surface area contributed by atoms with Crippen molar-refractivity contribution in [2.24, 2.45) is 10.8 Å². The minimum Gasteiger partial charge on any atom is -0.507 e. The number of nitrogens with two attached hydrogens (primary N) is 1. The highest BCUT2D eigenvalue weighted by Crippen LogP contribution is 2.26. The summed E-state index contributed by atoms with van der Waals surface area (Å²) < 4.78 is 6.35. The predicted octanol–water partition coefficient (Wildman–Crippen LogP) is 3.63. The topological polar surface area (TPSA) is 71.1 Å². The molecule has 2 aromatic carbocycles. The van der Waals surface area contributed by atoms with E-state index >= 15 is 0 Å². The van der Waals surface area contributed by atoms with E-state index in [4.69, 9.17) is 22.7 Å².